The van der Waals surface area contributed by atoms with E-state index >= 15 is 0 Å². The maximum Gasteiger partial charge on any atom is 0.272 e. The van der Waals surface area contributed by atoms with Crippen LogP contribution in [-0.2, 0) is 16.0 Å². The van der Waals surface area contributed by atoms with E-state index in [0.717, 1.165) is 32.4 Å². The Morgan fingerprint density at radius 3 is 2.61 bits per heavy atom. The number of hydrogen-bond donors (Lipinski definition) is 2. The lowest BCUT2D eigenvalue weighted by molar-refractivity contribution is -0.136. The van der Waals surface area contributed by atoms with Crippen molar-refractivity contribution in [3.8, 4) is 0 Å². The van der Waals surface area contributed by atoms with E-state index in [9.17, 15) is 14.7 Å². The second kappa shape index (κ2) is 11.2. The van der Waals surface area contributed by atoms with Crippen molar-refractivity contribution >= 4 is 11.8 Å². The third-order valence-electron chi connectivity index (χ3n) is 6.27. The van der Waals surface area contributed by atoms with Gasteiger partial charge < -0.3 is 20.1 Å². The van der Waals surface area contributed by atoms with Gasteiger partial charge in [-0.05, 0) is 30.7 Å². The van der Waals surface area contributed by atoms with E-state index < -0.39 is 24.2 Å². The first-order valence-corrected chi connectivity index (χ1v) is 11.5. The Bertz CT molecular complexity index is 945. The van der Waals surface area contributed by atoms with Gasteiger partial charge in [-0.2, -0.15) is 0 Å². The highest BCUT2D eigenvalue weighted by Crippen LogP contribution is 2.23. The number of nitrogens with one attached hydrogen (secondary N) is 1. The van der Waals surface area contributed by atoms with Gasteiger partial charge in [0.25, 0.3) is 5.91 Å². The molecule has 0 unspecified atom stereocenters. The number of rotatable bonds is 7. The zero-order valence-corrected chi connectivity index (χ0v) is 18.5. The lowest BCUT2D eigenvalue weighted by Crippen LogP contribution is -2.49. The van der Waals surface area contributed by atoms with Crippen LogP contribution >= 0.6 is 0 Å². The first-order valence-electron chi connectivity index (χ1n) is 11.5. The molecule has 2 aromatic rings. The molecule has 0 spiro atoms. The topological polar surface area (TPSA) is 105 Å². The molecule has 2 aliphatic heterocycles. The Labute approximate surface area is 193 Å². The van der Waals surface area contributed by atoms with Crippen molar-refractivity contribution in [2.45, 2.75) is 43.9 Å². The molecule has 1 saturated heterocycles. The molecule has 8 nitrogen and oxygen atoms in total. The summed E-state index contributed by atoms with van der Waals surface area (Å²) < 4.78 is 5.91. The number of amides is 2. The molecule has 1 aromatic heterocycles. The summed E-state index contributed by atoms with van der Waals surface area (Å²) in [5.41, 5.74) is 1.54. The number of carbonyl (C=O) groups excluding carboxylic acids is 2. The average Bonchev–Trinajstić information content (AvgIpc) is 2.86. The van der Waals surface area contributed by atoms with E-state index in [1.807, 2.05) is 11.0 Å². The highest BCUT2D eigenvalue weighted by molar-refractivity contribution is 5.92. The number of hydrogen-bond acceptors (Lipinski definition) is 6. The summed E-state index contributed by atoms with van der Waals surface area (Å²) in [4.78, 5) is 34.9. The molecule has 0 bridgehead atoms. The molecule has 1 aromatic carbocycles. The maximum atomic E-state index is 12.8. The van der Waals surface area contributed by atoms with Crippen molar-refractivity contribution in [1.82, 2.24) is 20.2 Å². The predicted molar refractivity (Wildman–Crippen MR) is 122 cm³/mol. The van der Waals surface area contributed by atoms with Gasteiger partial charge in [-0.15, -0.1) is 0 Å². The quantitative estimate of drug-likeness (QED) is 0.623. The first kappa shape index (κ1) is 23.1. The zero-order valence-electron chi connectivity index (χ0n) is 18.5. The molecule has 3 atom stereocenters. The minimum atomic E-state index is -0.634. The molecule has 0 radical (unpaired) electrons. The lowest BCUT2D eigenvalue weighted by Gasteiger charge is -2.35. The number of aromatic nitrogens is 2. The number of likely N-dealkylation sites (tertiary alicyclic amines) is 1. The van der Waals surface area contributed by atoms with Crippen molar-refractivity contribution in [3.05, 3.63) is 72.3 Å². The predicted octanol–water partition coefficient (Wildman–Crippen LogP) is 1.76. The fraction of sp³-hybridized carbons (Fsp3) is 0.440. The summed E-state index contributed by atoms with van der Waals surface area (Å²) in [5.74, 6) is 0.258. The summed E-state index contributed by atoms with van der Waals surface area (Å²) in [7, 11) is 0. The summed E-state index contributed by atoms with van der Waals surface area (Å²) in [6.45, 7) is 1.24. The van der Waals surface area contributed by atoms with Crippen LogP contribution in [0.4, 0.5) is 0 Å². The van der Waals surface area contributed by atoms with Crippen LogP contribution in [-0.4, -0.2) is 69.7 Å². The van der Waals surface area contributed by atoms with Crippen LogP contribution in [0.25, 0.3) is 0 Å². The van der Waals surface area contributed by atoms with Gasteiger partial charge in [0, 0.05) is 25.5 Å². The summed E-state index contributed by atoms with van der Waals surface area (Å²) in [6, 6.07) is 9.97. The van der Waals surface area contributed by atoms with E-state index in [4.69, 9.17) is 4.74 Å². The van der Waals surface area contributed by atoms with E-state index in [2.05, 4.69) is 39.6 Å². The first-order chi connectivity index (χ1) is 16.1. The van der Waals surface area contributed by atoms with Crippen molar-refractivity contribution in [2.24, 2.45) is 5.92 Å². The van der Waals surface area contributed by atoms with Gasteiger partial charge >= 0.3 is 0 Å². The molecule has 2 aliphatic rings. The SMILES string of the molecule is O=C(N[C@@H]1C=C[C@@H](CC(=O)N2CCC(Cc3ccccc3)CC2)O[C@@H]1CO)c1cnccn1. The van der Waals surface area contributed by atoms with Crippen LogP contribution < -0.4 is 5.32 Å². The Morgan fingerprint density at radius 1 is 1.12 bits per heavy atom. The number of aliphatic hydroxyl groups is 1. The van der Waals surface area contributed by atoms with Crippen LogP contribution in [0.3, 0.4) is 0 Å². The van der Waals surface area contributed by atoms with Crippen molar-refractivity contribution in [1.29, 1.82) is 0 Å². The third kappa shape index (κ3) is 6.24. The van der Waals surface area contributed by atoms with Crippen LogP contribution in [0, 0.1) is 5.92 Å². The molecule has 174 valence electrons. The molecular weight excluding hydrogens is 420 g/mol. The molecule has 0 aliphatic carbocycles. The van der Waals surface area contributed by atoms with Crippen molar-refractivity contribution in [2.75, 3.05) is 19.7 Å². The molecule has 33 heavy (non-hydrogen) atoms. The van der Waals surface area contributed by atoms with E-state index in [1.165, 1.54) is 24.2 Å². The molecule has 2 N–H and O–H groups in total. The molecule has 1 fully saturated rings. The zero-order chi connectivity index (χ0) is 23.0. The van der Waals surface area contributed by atoms with Gasteiger partial charge in [-0.3, -0.25) is 14.6 Å². The number of nitrogens with zero attached hydrogens (tertiary/aromatic N) is 3. The molecule has 0 saturated carbocycles. The average molecular weight is 451 g/mol. The Hall–Kier alpha value is -3.10. The highest BCUT2D eigenvalue weighted by atomic mass is 16.5. The third-order valence-corrected chi connectivity index (χ3v) is 6.27. The maximum absolute atomic E-state index is 12.8. The van der Waals surface area contributed by atoms with E-state index in [1.54, 1.807) is 12.2 Å². The van der Waals surface area contributed by atoms with Gasteiger partial charge in [0.1, 0.15) is 11.8 Å². The normalized spacial score (nSPS) is 23.3. The molecular formula is C25H30N4O4. The van der Waals surface area contributed by atoms with Crippen LogP contribution in [0.5, 0.6) is 0 Å². The van der Waals surface area contributed by atoms with Gasteiger partial charge in [-0.25, -0.2) is 4.98 Å². The van der Waals surface area contributed by atoms with Crippen molar-refractivity contribution < 1.29 is 19.4 Å². The van der Waals surface area contributed by atoms with Crippen LogP contribution in [0.15, 0.2) is 61.1 Å². The fourth-order valence-corrected chi connectivity index (χ4v) is 4.41. The van der Waals surface area contributed by atoms with Crippen LogP contribution in [0.1, 0.15) is 35.3 Å². The number of carbonyl (C=O) groups is 2. The minimum absolute atomic E-state index is 0.0570. The summed E-state index contributed by atoms with van der Waals surface area (Å²) >= 11 is 0. The lowest BCUT2D eigenvalue weighted by atomic mass is 9.90. The molecule has 3 heterocycles. The smallest absolute Gasteiger partial charge is 0.272 e. The van der Waals surface area contributed by atoms with Crippen LogP contribution in [0.2, 0.25) is 0 Å². The molecule has 8 heteroatoms. The Morgan fingerprint density at radius 2 is 1.91 bits per heavy atom. The monoisotopic (exact) mass is 450 g/mol. The van der Waals surface area contributed by atoms with Crippen molar-refractivity contribution in [3.63, 3.8) is 0 Å². The second-order valence-corrected chi connectivity index (χ2v) is 8.59. The number of benzene rings is 1. The van der Waals surface area contributed by atoms with Gasteiger partial charge in [0.05, 0.1) is 31.4 Å². The van der Waals surface area contributed by atoms with Gasteiger partial charge in [0.2, 0.25) is 5.91 Å². The summed E-state index contributed by atoms with van der Waals surface area (Å²) in [6.07, 6.45) is 10.1. The minimum Gasteiger partial charge on any atom is -0.394 e. The second-order valence-electron chi connectivity index (χ2n) is 8.59. The van der Waals surface area contributed by atoms with Gasteiger partial charge in [0.15, 0.2) is 0 Å². The number of ether oxygens (including phenoxy) is 1. The Kier molecular flexibility index (Phi) is 7.80. The fourth-order valence-electron chi connectivity index (χ4n) is 4.41. The number of aliphatic hydroxyl groups excluding tert-OH is 1. The summed E-state index contributed by atoms with van der Waals surface area (Å²) in [5, 5.41) is 12.6. The Balaban J connectivity index is 1.26. The highest BCUT2D eigenvalue weighted by Gasteiger charge is 2.31. The van der Waals surface area contributed by atoms with E-state index in [0.29, 0.717) is 5.92 Å². The standard InChI is InChI=1S/C25H30N4O4/c30-17-23-21(28-25(32)22-16-26-10-11-27-22)7-6-20(33-23)15-24(31)29-12-8-19(9-13-29)14-18-4-2-1-3-5-18/h1-7,10-11,16,19-21,23,30H,8-9,12-15,17H2,(H,28,32)/t20-,21+,23+/m0/s1. The van der Waals surface area contributed by atoms with E-state index in [-0.39, 0.29) is 24.6 Å². The molecule has 4 rings (SSSR count). The van der Waals surface area contributed by atoms with Gasteiger partial charge in [-0.1, -0.05) is 42.5 Å². The number of piperidine rings is 1. The molecule has 2 amide bonds. The largest absolute Gasteiger partial charge is 0.394 e.